The fourth-order valence-corrected chi connectivity index (χ4v) is 1.40. The van der Waals surface area contributed by atoms with Crippen molar-refractivity contribution < 1.29 is 4.74 Å². The summed E-state index contributed by atoms with van der Waals surface area (Å²) in [6.07, 6.45) is 7.26. The molecule has 0 aromatic rings. The third-order valence-corrected chi connectivity index (χ3v) is 2.30. The summed E-state index contributed by atoms with van der Waals surface area (Å²) in [7, 11) is 0. The van der Waals surface area contributed by atoms with Crippen molar-refractivity contribution in [2.45, 2.75) is 45.4 Å². The van der Waals surface area contributed by atoms with E-state index >= 15 is 0 Å². The van der Waals surface area contributed by atoms with Gasteiger partial charge in [-0.05, 0) is 18.6 Å². The predicted molar refractivity (Wildman–Crippen MR) is 62.6 cm³/mol. The summed E-state index contributed by atoms with van der Waals surface area (Å²) in [5.41, 5.74) is 0. The highest BCUT2D eigenvalue weighted by molar-refractivity contribution is 7.80. The maximum atomic E-state index is 5.46. The summed E-state index contributed by atoms with van der Waals surface area (Å²) >= 11 is 10.5. The van der Waals surface area contributed by atoms with Gasteiger partial charge in [-0.3, -0.25) is 0 Å². The lowest BCUT2D eigenvalue weighted by atomic mass is 10.1. The topological polar surface area (TPSA) is 9.23 Å². The molecule has 0 saturated heterocycles. The first-order valence-electron chi connectivity index (χ1n) is 5.02. The Morgan fingerprint density at radius 1 is 1.23 bits per heavy atom. The molecule has 0 heterocycles. The van der Waals surface area contributed by atoms with Gasteiger partial charge in [0.1, 0.15) is 6.61 Å². The van der Waals surface area contributed by atoms with E-state index in [-0.39, 0.29) is 0 Å². The second-order valence-corrected chi connectivity index (χ2v) is 3.91. The number of unbranched alkanes of at least 4 members (excludes halogenated alkanes) is 4. The van der Waals surface area contributed by atoms with Crippen molar-refractivity contribution in [2.24, 2.45) is 0 Å². The molecule has 78 valence electrons. The van der Waals surface area contributed by atoms with Crippen LogP contribution in [0.25, 0.3) is 0 Å². The van der Waals surface area contributed by atoms with E-state index in [0.717, 1.165) is 17.9 Å². The molecule has 1 nitrogen and oxygen atoms in total. The first kappa shape index (κ1) is 13.2. The minimum absolute atomic E-state index is 0.524. The molecule has 0 rings (SSSR count). The molecule has 0 fully saturated rings. The molecule has 0 aliphatic heterocycles. The van der Waals surface area contributed by atoms with Gasteiger partial charge in [0.15, 0.2) is 5.05 Å². The van der Waals surface area contributed by atoms with Crippen molar-refractivity contribution in [3.05, 3.63) is 0 Å². The number of ether oxygens (including phenoxy) is 1. The zero-order chi connectivity index (χ0) is 9.94. The molecule has 3 heteroatoms. The summed E-state index contributed by atoms with van der Waals surface area (Å²) in [6, 6.07) is 0. The van der Waals surface area contributed by atoms with Crippen LogP contribution in [-0.4, -0.2) is 17.5 Å². The maximum Gasteiger partial charge on any atom is 0.159 e. The Morgan fingerprint density at radius 3 is 2.54 bits per heavy atom. The molecule has 0 aromatic heterocycles. The van der Waals surface area contributed by atoms with Crippen LogP contribution in [-0.2, 0) is 4.74 Å². The number of hydrogen-bond donors (Lipinski definition) is 0. The van der Waals surface area contributed by atoms with Crippen LogP contribution in [0.2, 0.25) is 0 Å². The second kappa shape index (κ2) is 10.3. The molecule has 0 bridgehead atoms. The highest BCUT2D eigenvalue weighted by atomic mass is 35.5. The molecule has 0 unspecified atom stereocenters. The van der Waals surface area contributed by atoms with E-state index in [0.29, 0.717) is 12.5 Å². The number of hydrogen-bond acceptors (Lipinski definition) is 2. The van der Waals surface area contributed by atoms with E-state index in [4.69, 9.17) is 28.6 Å². The van der Waals surface area contributed by atoms with Crippen LogP contribution in [0.5, 0.6) is 0 Å². The summed E-state index contributed by atoms with van der Waals surface area (Å²) in [4.78, 5) is 0. The zero-order valence-corrected chi connectivity index (χ0v) is 9.92. The van der Waals surface area contributed by atoms with Crippen LogP contribution in [0.15, 0.2) is 0 Å². The Hall–Kier alpha value is 0.180. The fraction of sp³-hybridized carbons (Fsp3) is 0.900. The molecule has 0 N–H and O–H groups in total. The van der Waals surface area contributed by atoms with E-state index in [1.807, 2.05) is 0 Å². The van der Waals surface area contributed by atoms with Crippen molar-refractivity contribution >= 4 is 28.9 Å². The third kappa shape index (κ3) is 10.1. The van der Waals surface area contributed by atoms with Gasteiger partial charge >= 0.3 is 0 Å². The van der Waals surface area contributed by atoms with Crippen LogP contribution >= 0.6 is 23.8 Å². The average Bonchev–Trinajstić information content (AvgIpc) is 2.14. The van der Waals surface area contributed by atoms with E-state index in [1.165, 1.54) is 25.7 Å². The van der Waals surface area contributed by atoms with Crippen molar-refractivity contribution in [1.82, 2.24) is 0 Å². The third-order valence-electron chi connectivity index (χ3n) is 1.82. The van der Waals surface area contributed by atoms with Crippen LogP contribution in [0.4, 0.5) is 0 Å². The lowest BCUT2D eigenvalue weighted by Gasteiger charge is -2.04. The quantitative estimate of drug-likeness (QED) is 0.350. The van der Waals surface area contributed by atoms with Crippen LogP contribution < -0.4 is 0 Å². The first-order valence-corrected chi connectivity index (χ1v) is 5.97. The maximum absolute atomic E-state index is 5.46. The van der Waals surface area contributed by atoms with Gasteiger partial charge in [0.25, 0.3) is 0 Å². The highest BCUT2D eigenvalue weighted by Gasteiger charge is 1.96. The van der Waals surface area contributed by atoms with Crippen molar-refractivity contribution in [3.63, 3.8) is 0 Å². The SMILES string of the molecule is CCCCCCCC(=S)OCCCl. The van der Waals surface area contributed by atoms with E-state index in [2.05, 4.69) is 6.92 Å². The molecule has 0 aliphatic rings. The summed E-state index contributed by atoms with van der Waals surface area (Å²) in [6.45, 7) is 2.77. The number of thiocarbonyl (C=S) groups is 1. The lowest BCUT2D eigenvalue weighted by Crippen LogP contribution is -2.03. The van der Waals surface area contributed by atoms with Gasteiger partial charge in [0, 0.05) is 6.42 Å². The Labute approximate surface area is 91.8 Å². The van der Waals surface area contributed by atoms with Gasteiger partial charge in [0.2, 0.25) is 0 Å². The van der Waals surface area contributed by atoms with Crippen molar-refractivity contribution in [1.29, 1.82) is 0 Å². The number of alkyl halides is 1. The molecule has 0 spiro atoms. The van der Waals surface area contributed by atoms with Gasteiger partial charge in [0.05, 0.1) is 5.88 Å². The van der Waals surface area contributed by atoms with Crippen molar-refractivity contribution in [3.8, 4) is 0 Å². The van der Waals surface area contributed by atoms with Gasteiger partial charge < -0.3 is 4.74 Å². The summed E-state index contributed by atoms with van der Waals surface area (Å²) in [5.74, 6) is 0.524. The molecular weight excluding hydrogens is 204 g/mol. The van der Waals surface area contributed by atoms with E-state index in [1.54, 1.807) is 0 Å². The molecule has 0 saturated carbocycles. The predicted octanol–water partition coefficient (Wildman–Crippen LogP) is 3.93. The monoisotopic (exact) mass is 222 g/mol. The first-order chi connectivity index (χ1) is 6.31. The van der Waals surface area contributed by atoms with E-state index in [9.17, 15) is 0 Å². The molecule has 0 aliphatic carbocycles. The molecule has 0 amide bonds. The number of rotatable bonds is 8. The Morgan fingerprint density at radius 2 is 1.92 bits per heavy atom. The van der Waals surface area contributed by atoms with Gasteiger partial charge in [-0.15, -0.1) is 11.6 Å². The Balaban J connectivity index is 3.08. The lowest BCUT2D eigenvalue weighted by molar-refractivity contribution is 0.328. The summed E-state index contributed by atoms with van der Waals surface area (Å²) in [5, 5.41) is 0.720. The van der Waals surface area contributed by atoms with Gasteiger partial charge in [-0.25, -0.2) is 0 Å². The average molecular weight is 223 g/mol. The van der Waals surface area contributed by atoms with Crippen LogP contribution in [0.1, 0.15) is 45.4 Å². The van der Waals surface area contributed by atoms with Gasteiger partial charge in [-0.1, -0.05) is 32.6 Å². The molecule has 0 radical (unpaired) electrons. The molecule has 0 aromatic carbocycles. The van der Waals surface area contributed by atoms with Crippen LogP contribution in [0.3, 0.4) is 0 Å². The zero-order valence-electron chi connectivity index (χ0n) is 8.35. The molecular formula is C10H19ClOS. The number of halogens is 1. The minimum atomic E-state index is 0.524. The standard InChI is InChI=1S/C10H19ClOS/c1-2-3-4-5-6-7-10(13)12-9-8-11/h2-9H2,1H3. The normalized spacial score (nSPS) is 10.0. The van der Waals surface area contributed by atoms with Gasteiger partial charge in [-0.2, -0.15) is 0 Å². The highest BCUT2D eigenvalue weighted by Crippen LogP contribution is 2.06. The molecule has 13 heavy (non-hydrogen) atoms. The van der Waals surface area contributed by atoms with Crippen LogP contribution in [0, 0.1) is 0 Å². The Bertz CT molecular complexity index is 128. The van der Waals surface area contributed by atoms with E-state index < -0.39 is 0 Å². The largest absolute Gasteiger partial charge is 0.486 e. The fourth-order valence-electron chi connectivity index (χ4n) is 1.10. The van der Waals surface area contributed by atoms with Crippen molar-refractivity contribution in [2.75, 3.05) is 12.5 Å². The summed E-state index contributed by atoms with van der Waals surface area (Å²) < 4.78 is 5.20. The smallest absolute Gasteiger partial charge is 0.159 e. The second-order valence-electron chi connectivity index (χ2n) is 3.07. The molecule has 0 atom stereocenters. The Kier molecular flexibility index (Phi) is 10.4. The minimum Gasteiger partial charge on any atom is -0.486 e.